The Balaban J connectivity index is 1.83. The van der Waals surface area contributed by atoms with Gasteiger partial charge in [0.05, 0.1) is 50.0 Å². The van der Waals surface area contributed by atoms with E-state index in [2.05, 4.69) is 10.6 Å². The van der Waals surface area contributed by atoms with Gasteiger partial charge in [0.1, 0.15) is 5.75 Å². The number of hydrogen-bond acceptors (Lipinski definition) is 4. The van der Waals surface area contributed by atoms with Crippen molar-refractivity contribution in [2.45, 2.75) is 19.3 Å². The molecule has 0 aromatic heterocycles. The first-order chi connectivity index (χ1) is 11.1. The Bertz CT molecular complexity index is 562. The molecule has 0 aliphatic carbocycles. The molecule has 8 heteroatoms. The molecule has 0 bridgehead atoms. The van der Waals surface area contributed by atoms with Gasteiger partial charge in [0.2, 0.25) is 0 Å². The van der Waals surface area contributed by atoms with E-state index in [-0.39, 0.29) is 5.69 Å². The molecule has 0 radical (unpaired) electrons. The molecular weight excluding hydrogens is 316 g/mol. The molecule has 0 saturated carbocycles. The zero-order valence-electron chi connectivity index (χ0n) is 13.3. The highest BCUT2D eigenvalue weighted by atomic mass is 32.1. The van der Waals surface area contributed by atoms with Gasteiger partial charge in [-0.05, 0) is 37.5 Å². The van der Waals surface area contributed by atoms with Gasteiger partial charge >= 0.3 is 0 Å². The van der Waals surface area contributed by atoms with Crippen LogP contribution in [0.25, 0.3) is 0 Å². The largest absolute Gasteiger partial charge is 0.494 e. The molecule has 0 atom stereocenters. The molecule has 3 N–H and O–H groups in total. The molecule has 2 rings (SSSR count). The average Bonchev–Trinajstić information content (AvgIpc) is 2.56. The number of non-ortho nitro benzene ring substituents is 1. The van der Waals surface area contributed by atoms with E-state index in [9.17, 15) is 10.1 Å². The molecule has 0 amide bonds. The highest BCUT2D eigenvalue weighted by molar-refractivity contribution is 7.80. The number of likely N-dealkylation sites (tertiary alicyclic amines) is 1. The van der Waals surface area contributed by atoms with Crippen LogP contribution < -0.4 is 20.3 Å². The third kappa shape index (κ3) is 5.33. The van der Waals surface area contributed by atoms with Crippen LogP contribution >= 0.6 is 12.2 Å². The number of piperidine rings is 1. The Morgan fingerprint density at radius 2 is 2.13 bits per heavy atom. The van der Waals surface area contributed by atoms with Gasteiger partial charge in [-0.15, -0.1) is 0 Å². The predicted octanol–water partition coefficient (Wildman–Crippen LogP) is 0.959. The summed E-state index contributed by atoms with van der Waals surface area (Å²) in [6.07, 6.45) is 3.95. The van der Waals surface area contributed by atoms with Crippen LogP contribution in [0.4, 0.5) is 11.4 Å². The van der Waals surface area contributed by atoms with Crippen molar-refractivity contribution in [3.8, 4) is 5.75 Å². The predicted molar refractivity (Wildman–Crippen MR) is 93.3 cm³/mol. The van der Waals surface area contributed by atoms with E-state index in [0.717, 1.165) is 13.1 Å². The van der Waals surface area contributed by atoms with E-state index in [0.29, 0.717) is 16.5 Å². The standard InChI is InChI=1S/C15H22N4O3S/c1-22-14-11-12(19(20)21)5-6-13(14)17-15(23)16-7-10-18-8-3-2-4-9-18/h5-6,11H,2-4,7-10H2,1H3,(H2,16,17,23)/p+1. The highest BCUT2D eigenvalue weighted by Gasteiger charge is 2.14. The van der Waals surface area contributed by atoms with Crippen LogP contribution in [0, 0.1) is 10.1 Å². The number of nitrogens with one attached hydrogen (secondary N) is 3. The molecule has 0 spiro atoms. The first kappa shape index (κ1) is 17.4. The minimum absolute atomic E-state index is 0.0139. The van der Waals surface area contributed by atoms with Gasteiger partial charge in [-0.3, -0.25) is 10.1 Å². The van der Waals surface area contributed by atoms with Crippen molar-refractivity contribution in [2.75, 3.05) is 38.6 Å². The molecule has 1 fully saturated rings. The molecule has 23 heavy (non-hydrogen) atoms. The lowest BCUT2D eigenvalue weighted by molar-refractivity contribution is -0.903. The summed E-state index contributed by atoms with van der Waals surface area (Å²) in [6, 6.07) is 4.40. The Hall–Kier alpha value is -1.93. The summed E-state index contributed by atoms with van der Waals surface area (Å²) in [7, 11) is 1.47. The van der Waals surface area contributed by atoms with Crippen LogP contribution in [0.2, 0.25) is 0 Å². The summed E-state index contributed by atoms with van der Waals surface area (Å²) < 4.78 is 5.18. The third-order valence-corrected chi connectivity index (χ3v) is 4.22. The van der Waals surface area contributed by atoms with Crippen molar-refractivity contribution >= 4 is 28.7 Å². The summed E-state index contributed by atoms with van der Waals surface area (Å²) >= 11 is 5.27. The monoisotopic (exact) mass is 339 g/mol. The number of hydrogen-bond donors (Lipinski definition) is 3. The number of ether oxygens (including phenoxy) is 1. The molecule has 1 aliphatic rings. The Morgan fingerprint density at radius 3 is 2.78 bits per heavy atom. The fourth-order valence-electron chi connectivity index (χ4n) is 2.72. The number of thiocarbonyl (C=S) groups is 1. The van der Waals surface area contributed by atoms with E-state index in [1.54, 1.807) is 11.0 Å². The van der Waals surface area contributed by atoms with Gasteiger partial charge in [-0.25, -0.2) is 0 Å². The normalized spacial score (nSPS) is 15.0. The van der Waals surface area contributed by atoms with Crippen molar-refractivity contribution in [2.24, 2.45) is 0 Å². The van der Waals surface area contributed by atoms with Gasteiger partial charge < -0.3 is 20.3 Å². The lowest BCUT2D eigenvalue weighted by Crippen LogP contribution is -3.13. The molecule has 1 heterocycles. The van der Waals surface area contributed by atoms with Gasteiger partial charge in [-0.1, -0.05) is 0 Å². The van der Waals surface area contributed by atoms with E-state index in [1.807, 2.05) is 0 Å². The summed E-state index contributed by atoms with van der Waals surface area (Å²) in [4.78, 5) is 11.9. The van der Waals surface area contributed by atoms with E-state index in [1.165, 1.54) is 51.6 Å². The summed E-state index contributed by atoms with van der Waals surface area (Å²) in [6.45, 7) is 4.31. The van der Waals surface area contributed by atoms with Crippen molar-refractivity contribution in [3.05, 3.63) is 28.3 Å². The number of anilines is 1. The highest BCUT2D eigenvalue weighted by Crippen LogP contribution is 2.28. The summed E-state index contributed by atoms with van der Waals surface area (Å²) in [5.41, 5.74) is 0.598. The van der Waals surface area contributed by atoms with Gasteiger partial charge in [0, 0.05) is 6.07 Å². The van der Waals surface area contributed by atoms with Crippen LogP contribution in [-0.4, -0.2) is 43.3 Å². The van der Waals surface area contributed by atoms with Gasteiger partial charge in [0.15, 0.2) is 5.11 Å². The van der Waals surface area contributed by atoms with Crippen molar-refractivity contribution in [3.63, 3.8) is 0 Å². The molecule has 126 valence electrons. The third-order valence-electron chi connectivity index (χ3n) is 3.97. The van der Waals surface area contributed by atoms with E-state index < -0.39 is 4.92 Å². The molecule has 1 aliphatic heterocycles. The van der Waals surface area contributed by atoms with Crippen LogP contribution in [0.1, 0.15) is 19.3 Å². The first-order valence-corrected chi connectivity index (χ1v) is 8.22. The topological polar surface area (TPSA) is 80.9 Å². The van der Waals surface area contributed by atoms with Crippen molar-refractivity contribution in [1.29, 1.82) is 0 Å². The fraction of sp³-hybridized carbons (Fsp3) is 0.533. The minimum Gasteiger partial charge on any atom is -0.494 e. The maximum Gasteiger partial charge on any atom is 0.273 e. The second-order valence-electron chi connectivity index (χ2n) is 5.58. The van der Waals surface area contributed by atoms with Gasteiger partial charge in [0.25, 0.3) is 5.69 Å². The van der Waals surface area contributed by atoms with Crippen LogP contribution in [0.15, 0.2) is 18.2 Å². The maximum atomic E-state index is 10.8. The lowest BCUT2D eigenvalue weighted by atomic mass is 10.1. The summed E-state index contributed by atoms with van der Waals surface area (Å²) in [5.74, 6) is 0.394. The number of quaternary nitrogens is 1. The number of nitro benzene ring substituents is 1. The molecule has 7 nitrogen and oxygen atoms in total. The number of benzene rings is 1. The molecule has 1 saturated heterocycles. The van der Waals surface area contributed by atoms with E-state index in [4.69, 9.17) is 17.0 Å². The van der Waals surface area contributed by atoms with Crippen LogP contribution in [-0.2, 0) is 0 Å². The Labute approximate surface area is 141 Å². The quantitative estimate of drug-likeness (QED) is 0.407. The maximum absolute atomic E-state index is 10.8. The van der Waals surface area contributed by atoms with Crippen molar-refractivity contribution < 1.29 is 14.6 Å². The second-order valence-corrected chi connectivity index (χ2v) is 5.99. The average molecular weight is 339 g/mol. The lowest BCUT2D eigenvalue weighted by Gasteiger charge is -2.23. The smallest absolute Gasteiger partial charge is 0.273 e. The number of rotatable bonds is 6. The molecule has 0 unspecified atom stereocenters. The Kier molecular flexibility index (Phi) is 6.54. The van der Waals surface area contributed by atoms with E-state index >= 15 is 0 Å². The molecular formula is C15H23N4O3S+. The second kappa shape index (κ2) is 8.64. The Morgan fingerprint density at radius 1 is 1.39 bits per heavy atom. The van der Waals surface area contributed by atoms with Gasteiger partial charge in [-0.2, -0.15) is 0 Å². The zero-order chi connectivity index (χ0) is 16.7. The summed E-state index contributed by atoms with van der Waals surface area (Å²) in [5, 5.41) is 17.5. The minimum atomic E-state index is -0.454. The fourth-order valence-corrected chi connectivity index (χ4v) is 2.93. The SMILES string of the molecule is COc1cc([N+](=O)[O-])ccc1NC(=S)NCC[NH+]1CCCCC1. The number of methoxy groups -OCH3 is 1. The molecule has 1 aromatic carbocycles. The number of nitro groups is 1. The zero-order valence-corrected chi connectivity index (χ0v) is 14.1. The van der Waals surface area contributed by atoms with Crippen LogP contribution in [0.5, 0.6) is 5.75 Å². The molecule has 1 aromatic rings. The van der Waals surface area contributed by atoms with Crippen molar-refractivity contribution in [1.82, 2.24) is 5.32 Å². The number of nitrogens with zero attached hydrogens (tertiary/aromatic N) is 1. The van der Waals surface area contributed by atoms with Crippen LogP contribution in [0.3, 0.4) is 0 Å². The first-order valence-electron chi connectivity index (χ1n) is 7.81.